The molecule has 114 valence electrons. The molecule has 0 saturated carbocycles. The van der Waals surface area contributed by atoms with Gasteiger partial charge in [-0.05, 0) is 18.6 Å². The summed E-state index contributed by atoms with van der Waals surface area (Å²) in [5.41, 5.74) is 1.93. The molecule has 0 aromatic heterocycles. The summed E-state index contributed by atoms with van der Waals surface area (Å²) in [7, 11) is 0. The topological polar surface area (TPSA) is 84.7 Å². The van der Waals surface area contributed by atoms with E-state index in [1.807, 2.05) is 6.92 Å². The summed E-state index contributed by atoms with van der Waals surface area (Å²) in [4.78, 5) is 23.5. The van der Waals surface area contributed by atoms with Gasteiger partial charge in [-0.15, -0.1) is 0 Å². The number of aryl methyl sites for hydroxylation is 1. The third kappa shape index (κ3) is 3.91. The molecule has 1 aromatic carbocycles. The molecular weight excluding hydrogens is 274 g/mol. The fourth-order valence-electron chi connectivity index (χ4n) is 2.43. The number of hydrogen-bond donors (Lipinski definition) is 1. The highest BCUT2D eigenvalue weighted by molar-refractivity contribution is 5.72. The second-order valence-corrected chi connectivity index (χ2v) is 5.10. The van der Waals surface area contributed by atoms with E-state index in [2.05, 4.69) is 10.2 Å². The predicted octanol–water partition coefficient (Wildman–Crippen LogP) is 1.24. The standard InChI is InChI=1S/C14H19N3O4/c1-10-7-12(17(19)20)3-4-14(10)16-5-6-21-13(9-16)8-15-11(2)18/h3-4,7,13H,5-6,8-9H2,1-2H3,(H,15,18)/t13-/m0/s1. The largest absolute Gasteiger partial charge is 0.373 e. The zero-order valence-corrected chi connectivity index (χ0v) is 12.2. The number of nitro benzene ring substituents is 1. The van der Waals surface area contributed by atoms with E-state index in [0.29, 0.717) is 19.7 Å². The Bertz CT molecular complexity index is 547. The highest BCUT2D eigenvalue weighted by Gasteiger charge is 2.22. The third-order valence-electron chi connectivity index (χ3n) is 3.45. The first-order valence-electron chi connectivity index (χ1n) is 6.83. The zero-order chi connectivity index (χ0) is 15.4. The van der Waals surface area contributed by atoms with Crippen LogP contribution in [0, 0.1) is 17.0 Å². The predicted molar refractivity (Wildman–Crippen MR) is 78.5 cm³/mol. The van der Waals surface area contributed by atoms with Crippen LogP contribution in [0.25, 0.3) is 0 Å². The number of nitrogens with one attached hydrogen (secondary N) is 1. The molecule has 0 unspecified atom stereocenters. The van der Waals surface area contributed by atoms with E-state index in [1.165, 1.54) is 13.0 Å². The van der Waals surface area contributed by atoms with Gasteiger partial charge < -0.3 is 15.0 Å². The van der Waals surface area contributed by atoms with Gasteiger partial charge in [0.25, 0.3) is 5.69 Å². The van der Waals surface area contributed by atoms with Crippen LogP contribution in [0.3, 0.4) is 0 Å². The van der Waals surface area contributed by atoms with E-state index in [-0.39, 0.29) is 17.7 Å². The van der Waals surface area contributed by atoms with Crippen molar-refractivity contribution in [1.29, 1.82) is 0 Å². The van der Waals surface area contributed by atoms with Crippen LogP contribution in [0.4, 0.5) is 11.4 Å². The summed E-state index contributed by atoms with van der Waals surface area (Å²) in [5, 5.41) is 13.5. The molecule has 7 nitrogen and oxygen atoms in total. The van der Waals surface area contributed by atoms with Crippen LogP contribution in [-0.4, -0.2) is 43.2 Å². The number of rotatable bonds is 4. The average Bonchev–Trinajstić information content (AvgIpc) is 2.45. The first kappa shape index (κ1) is 15.2. The Balaban J connectivity index is 2.07. The number of benzene rings is 1. The van der Waals surface area contributed by atoms with Crippen LogP contribution in [0.1, 0.15) is 12.5 Å². The van der Waals surface area contributed by atoms with Crippen molar-refractivity contribution < 1.29 is 14.5 Å². The highest BCUT2D eigenvalue weighted by Crippen LogP contribution is 2.26. The lowest BCUT2D eigenvalue weighted by Gasteiger charge is -2.35. The number of anilines is 1. The molecule has 1 saturated heterocycles. The number of non-ortho nitro benzene ring substituents is 1. The lowest BCUT2D eigenvalue weighted by molar-refractivity contribution is -0.384. The molecular formula is C14H19N3O4. The summed E-state index contributed by atoms with van der Waals surface area (Å²) >= 11 is 0. The third-order valence-corrected chi connectivity index (χ3v) is 3.45. The lowest BCUT2D eigenvalue weighted by Crippen LogP contribution is -2.47. The molecule has 1 N–H and O–H groups in total. The Kier molecular flexibility index (Phi) is 4.74. The monoisotopic (exact) mass is 293 g/mol. The van der Waals surface area contributed by atoms with Crippen LogP contribution in [0.2, 0.25) is 0 Å². The van der Waals surface area contributed by atoms with Crippen LogP contribution in [0.5, 0.6) is 0 Å². The van der Waals surface area contributed by atoms with Gasteiger partial charge in [0.1, 0.15) is 0 Å². The minimum absolute atomic E-state index is 0.0720. The van der Waals surface area contributed by atoms with E-state index in [1.54, 1.807) is 12.1 Å². The summed E-state index contributed by atoms with van der Waals surface area (Å²) in [6, 6.07) is 4.86. The summed E-state index contributed by atoms with van der Waals surface area (Å²) in [6.07, 6.45) is -0.0720. The van der Waals surface area contributed by atoms with Gasteiger partial charge in [-0.3, -0.25) is 14.9 Å². The van der Waals surface area contributed by atoms with Crippen molar-refractivity contribution in [1.82, 2.24) is 5.32 Å². The molecule has 1 atom stereocenters. The second kappa shape index (κ2) is 6.53. The van der Waals surface area contributed by atoms with E-state index in [0.717, 1.165) is 17.8 Å². The molecule has 2 rings (SSSR count). The molecule has 1 aliphatic rings. The van der Waals surface area contributed by atoms with Crippen molar-refractivity contribution in [3.63, 3.8) is 0 Å². The number of carbonyl (C=O) groups is 1. The van der Waals surface area contributed by atoms with Crippen LogP contribution in [0.15, 0.2) is 18.2 Å². The van der Waals surface area contributed by atoms with Gasteiger partial charge in [0, 0.05) is 44.4 Å². The van der Waals surface area contributed by atoms with Crippen LogP contribution in [-0.2, 0) is 9.53 Å². The Hall–Kier alpha value is -2.15. The van der Waals surface area contributed by atoms with Crippen molar-refractivity contribution in [3.8, 4) is 0 Å². The quantitative estimate of drug-likeness (QED) is 0.667. The van der Waals surface area contributed by atoms with Crippen molar-refractivity contribution >= 4 is 17.3 Å². The summed E-state index contributed by atoms with van der Waals surface area (Å²) in [5.74, 6) is -0.0813. The molecule has 1 aromatic rings. The average molecular weight is 293 g/mol. The highest BCUT2D eigenvalue weighted by atomic mass is 16.6. The van der Waals surface area contributed by atoms with Crippen molar-refractivity contribution in [3.05, 3.63) is 33.9 Å². The SMILES string of the molecule is CC(=O)NC[C@H]1CN(c2ccc([N+](=O)[O-])cc2C)CCO1. The molecule has 1 fully saturated rings. The number of hydrogen-bond acceptors (Lipinski definition) is 5. The van der Waals surface area contributed by atoms with Crippen molar-refractivity contribution in [2.75, 3.05) is 31.1 Å². The number of nitrogens with zero attached hydrogens (tertiary/aromatic N) is 2. The number of carbonyl (C=O) groups excluding carboxylic acids is 1. The Labute approximate surface area is 123 Å². The molecule has 0 bridgehead atoms. The molecule has 0 radical (unpaired) electrons. The maximum Gasteiger partial charge on any atom is 0.269 e. The minimum Gasteiger partial charge on any atom is -0.373 e. The molecule has 0 aliphatic carbocycles. The fraction of sp³-hybridized carbons (Fsp3) is 0.500. The Morgan fingerprint density at radius 1 is 1.57 bits per heavy atom. The maximum absolute atomic E-state index is 10.9. The van der Waals surface area contributed by atoms with E-state index < -0.39 is 4.92 Å². The molecule has 1 heterocycles. The van der Waals surface area contributed by atoms with Crippen molar-refractivity contribution in [2.45, 2.75) is 20.0 Å². The van der Waals surface area contributed by atoms with E-state index >= 15 is 0 Å². The summed E-state index contributed by atoms with van der Waals surface area (Å²) < 4.78 is 5.62. The number of amides is 1. The molecule has 1 aliphatic heterocycles. The molecule has 7 heteroatoms. The van der Waals surface area contributed by atoms with Gasteiger partial charge in [-0.2, -0.15) is 0 Å². The van der Waals surface area contributed by atoms with Gasteiger partial charge in [-0.25, -0.2) is 0 Å². The van der Waals surface area contributed by atoms with Gasteiger partial charge in [0.05, 0.1) is 17.6 Å². The molecule has 21 heavy (non-hydrogen) atoms. The van der Waals surface area contributed by atoms with Gasteiger partial charge in [-0.1, -0.05) is 0 Å². The van der Waals surface area contributed by atoms with Gasteiger partial charge in [0.2, 0.25) is 5.91 Å². The second-order valence-electron chi connectivity index (χ2n) is 5.10. The van der Waals surface area contributed by atoms with Gasteiger partial charge >= 0.3 is 0 Å². The van der Waals surface area contributed by atoms with Gasteiger partial charge in [0.15, 0.2) is 0 Å². The molecule has 0 spiro atoms. The van der Waals surface area contributed by atoms with E-state index in [4.69, 9.17) is 4.74 Å². The first-order valence-corrected chi connectivity index (χ1v) is 6.83. The van der Waals surface area contributed by atoms with E-state index in [9.17, 15) is 14.9 Å². The van der Waals surface area contributed by atoms with Crippen LogP contribution < -0.4 is 10.2 Å². The summed E-state index contributed by atoms with van der Waals surface area (Å²) in [6.45, 7) is 5.76. The normalized spacial score (nSPS) is 18.4. The Morgan fingerprint density at radius 3 is 2.95 bits per heavy atom. The minimum atomic E-state index is -0.393. The van der Waals surface area contributed by atoms with Crippen molar-refractivity contribution in [2.24, 2.45) is 0 Å². The number of morpholine rings is 1. The van der Waals surface area contributed by atoms with Crippen LogP contribution >= 0.6 is 0 Å². The smallest absolute Gasteiger partial charge is 0.269 e. The maximum atomic E-state index is 10.9. The fourth-order valence-corrected chi connectivity index (χ4v) is 2.43. The zero-order valence-electron chi connectivity index (χ0n) is 12.2. The number of nitro groups is 1. The molecule has 1 amide bonds. The number of ether oxygens (including phenoxy) is 1. The lowest BCUT2D eigenvalue weighted by atomic mass is 10.1. The Morgan fingerprint density at radius 2 is 2.33 bits per heavy atom. The first-order chi connectivity index (χ1) is 9.97.